The molecular formula is C29H28N8O. The van der Waals surface area contributed by atoms with Gasteiger partial charge in [0, 0.05) is 80.3 Å². The van der Waals surface area contributed by atoms with E-state index in [0.29, 0.717) is 49.3 Å². The SMILES string of the molecule is CN/C=C(\C=N)c1cc(-c2ccc(N3CCN(C(=O)Cc4ccccc4)CC3)nc2)c2c(C#N)cnn2c1. The van der Waals surface area contributed by atoms with Gasteiger partial charge in [0.25, 0.3) is 0 Å². The number of carbonyl (C=O) groups excluding carboxylic acids is 1. The van der Waals surface area contributed by atoms with E-state index < -0.39 is 0 Å². The molecule has 1 amide bonds. The lowest BCUT2D eigenvalue weighted by Gasteiger charge is -2.35. The van der Waals surface area contributed by atoms with Gasteiger partial charge in [0.05, 0.1) is 23.7 Å². The van der Waals surface area contributed by atoms with Crippen molar-refractivity contribution in [1.29, 1.82) is 10.7 Å². The minimum atomic E-state index is 0.147. The molecule has 190 valence electrons. The lowest BCUT2D eigenvalue weighted by Crippen LogP contribution is -2.49. The third kappa shape index (κ3) is 4.97. The number of rotatable bonds is 7. The Hall–Kier alpha value is -4.97. The molecule has 0 spiro atoms. The van der Waals surface area contributed by atoms with Crippen LogP contribution in [0.2, 0.25) is 0 Å². The average Bonchev–Trinajstić information content (AvgIpc) is 3.39. The second-order valence-corrected chi connectivity index (χ2v) is 9.07. The van der Waals surface area contributed by atoms with Gasteiger partial charge in [0.15, 0.2) is 0 Å². The van der Waals surface area contributed by atoms with E-state index in [0.717, 1.165) is 28.1 Å². The van der Waals surface area contributed by atoms with Crippen molar-refractivity contribution in [1.82, 2.24) is 24.8 Å². The maximum atomic E-state index is 12.7. The number of benzene rings is 1. The summed E-state index contributed by atoms with van der Waals surface area (Å²) < 4.78 is 1.68. The number of aromatic nitrogens is 3. The van der Waals surface area contributed by atoms with E-state index >= 15 is 0 Å². The van der Waals surface area contributed by atoms with E-state index in [1.165, 1.54) is 6.21 Å². The topological polar surface area (TPSA) is 113 Å². The zero-order chi connectivity index (χ0) is 26.5. The van der Waals surface area contributed by atoms with Crippen LogP contribution in [0.3, 0.4) is 0 Å². The molecule has 5 rings (SSSR count). The summed E-state index contributed by atoms with van der Waals surface area (Å²) in [4.78, 5) is 21.6. The molecule has 0 radical (unpaired) electrons. The van der Waals surface area contributed by atoms with Crippen LogP contribution in [0.15, 0.2) is 73.3 Å². The number of allylic oxidation sites excluding steroid dienone is 1. The minimum Gasteiger partial charge on any atom is -0.393 e. The van der Waals surface area contributed by atoms with Crippen LogP contribution in [0, 0.1) is 16.7 Å². The summed E-state index contributed by atoms with van der Waals surface area (Å²) in [5.74, 6) is 0.995. The van der Waals surface area contributed by atoms with E-state index in [2.05, 4.69) is 21.4 Å². The predicted octanol–water partition coefficient (Wildman–Crippen LogP) is 3.37. The predicted molar refractivity (Wildman–Crippen MR) is 148 cm³/mol. The van der Waals surface area contributed by atoms with Gasteiger partial charge < -0.3 is 20.5 Å². The van der Waals surface area contributed by atoms with Crippen LogP contribution in [0.1, 0.15) is 16.7 Å². The Morgan fingerprint density at radius 2 is 1.92 bits per heavy atom. The third-order valence-electron chi connectivity index (χ3n) is 6.73. The minimum absolute atomic E-state index is 0.147. The Morgan fingerprint density at radius 3 is 2.58 bits per heavy atom. The first-order valence-electron chi connectivity index (χ1n) is 12.4. The highest BCUT2D eigenvalue weighted by atomic mass is 16.2. The summed E-state index contributed by atoms with van der Waals surface area (Å²) >= 11 is 0. The molecule has 9 nitrogen and oxygen atoms in total. The van der Waals surface area contributed by atoms with E-state index in [9.17, 15) is 10.1 Å². The summed E-state index contributed by atoms with van der Waals surface area (Å²) in [5, 5.41) is 24.8. The Kier molecular flexibility index (Phi) is 7.13. The second-order valence-electron chi connectivity index (χ2n) is 9.07. The molecular weight excluding hydrogens is 476 g/mol. The van der Waals surface area contributed by atoms with Crippen LogP contribution in [0.5, 0.6) is 0 Å². The van der Waals surface area contributed by atoms with Crippen molar-refractivity contribution in [2.45, 2.75) is 6.42 Å². The van der Waals surface area contributed by atoms with E-state index in [1.807, 2.05) is 59.6 Å². The molecule has 1 saturated heterocycles. The van der Waals surface area contributed by atoms with Gasteiger partial charge in [-0.05, 0) is 23.8 Å². The lowest BCUT2D eigenvalue weighted by atomic mass is 10.0. The summed E-state index contributed by atoms with van der Waals surface area (Å²) in [5.41, 5.74) is 5.35. The highest BCUT2D eigenvalue weighted by molar-refractivity contribution is 6.08. The third-order valence-corrected chi connectivity index (χ3v) is 6.73. The van der Waals surface area contributed by atoms with Gasteiger partial charge >= 0.3 is 0 Å². The Labute approximate surface area is 221 Å². The number of piperazine rings is 1. The number of anilines is 1. The normalized spacial score (nSPS) is 13.8. The number of carbonyl (C=O) groups is 1. The summed E-state index contributed by atoms with van der Waals surface area (Å²) in [6.07, 6.45) is 8.62. The van der Waals surface area contributed by atoms with E-state index in [4.69, 9.17) is 10.4 Å². The van der Waals surface area contributed by atoms with Gasteiger partial charge in [-0.1, -0.05) is 30.3 Å². The van der Waals surface area contributed by atoms with Crippen molar-refractivity contribution in [2.75, 3.05) is 38.1 Å². The van der Waals surface area contributed by atoms with E-state index in [1.54, 1.807) is 30.2 Å². The maximum absolute atomic E-state index is 12.7. The van der Waals surface area contributed by atoms with Gasteiger partial charge in [-0.2, -0.15) is 10.4 Å². The van der Waals surface area contributed by atoms with Crippen LogP contribution < -0.4 is 10.2 Å². The smallest absolute Gasteiger partial charge is 0.227 e. The maximum Gasteiger partial charge on any atom is 0.227 e. The molecule has 9 heteroatoms. The number of pyridine rings is 2. The highest BCUT2D eigenvalue weighted by Gasteiger charge is 2.22. The standard InChI is InChI=1S/C29H28N8O/c1-32-17-24(15-30)23-14-26(29-25(16-31)19-34-37(29)20-23)22-7-8-27(33-18-22)35-9-11-36(12-10-35)28(38)13-21-5-3-2-4-6-21/h2-8,14-15,17-20,30,32H,9-13H2,1H3/b24-17+,30-15?. The number of nitriles is 1. The molecule has 0 bridgehead atoms. The second kappa shape index (κ2) is 11.0. The molecule has 0 unspecified atom stereocenters. The fraction of sp³-hybridized carbons (Fsp3) is 0.207. The molecule has 2 N–H and O–H groups in total. The Bertz CT molecular complexity index is 1520. The summed E-state index contributed by atoms with van der Waals surface area (Å²) in [6, 6.07) is 18.0. The fourth-order valence-corrected chi connectivity index (χ4v) is 4.74. The molecule has 1 fully saturated rings. The van der Waals surface area contributed by atoms with Crippen LogP contribution >= 0.6 is 0 Å². The Morgan fingerprint density at radius 1 is 1.13 bits per heavy atom. The van der Waals surface area contributed by atoms with Gasteiger partial charge in [0.1, 0.15) is 11.9 Å². The van der Waals surface area contributed by atoms with Crippen LogP contribution in [-0.4, -0.2) is 64.8 Å². The van der Waals surface area contributed by atoms with Crippen LogP contribution in [0.25, 0.3) is 22.2 Å². The molecule has 1 aliphatic heterocycles. The highest BCUT2D eigenvalue weighted by Crippen LogP contribution is 2.30. The van der Waals surface area contributed by atoms with Gasteiger partial charge in [-0.15, -0.1) is 0 Å². The van der Waals surface area contributed by atoms with E-state index in [-0.39, 0.29) is 5.91 Å². The fourth-order valence-electron chi connectivity index (χ4n) is 4.74. The monoisotopic (exact) mass is 504 g/mol. The summed E-state index contributed by atoms with van der Waals surface area (Å²) in [6.45, 7) is 2.74. The molecule has 0 saturated carbocycles. The van der Waals surface area contributed by atoms with Crippen molar-refractivity contribution >= 4 is 29.0 Å². The number of nitrogens with one attached hydrogen (secondary N) is 2. The van der Waals surface area contributed by atoms with Crippen molar-refractivity contribution in [2.24, 2.45) is 0 Å². The zero-order valence-electron chi connectivity index (χ0n) is 21.1. The molecule has 4 aromatic rings. The number of hydrogen-bond acceptors (Lipinski definition) is 7. The molecule has 0 atom stereocenters. The number of nitrogens with zero attached hydrogens (tertiary/aromatic N) is 6. The number of hydrogen-bond donors (Lipinski definition) is 2. The molecule has 1 aromatic carbocycles. The zero-order valence-corrected chi connectivity index (χ0v) is 21.1. The molecule has 38 heavy (non-hydrogen) atoms. The van der Waals surface area contributed by atoms with Crippen LogP contribution in [0.4, 0.5) is 5.82 Å². The van der Waals surface area contributed by atoms with Crippen molar-refractivity contribution in [3.63, 3.8) is 0 Å². The first-order chi connectivity index (χ1) is 18.6. The van der Waals surface area contributed by atoms with Crippen molar-refractivity contribution in [3.05, 3.63) is 90.0 Å². The number of amides is 1. The van der Waals surface area contributed by atoms with Crippen molar-refractivity contribution in [3.8, 4) is 17.2 Å². The average molecular weight is 505 g/mol. The van der Waals surface area contributed by atoms with Crippen molar-refractivity contribution < 1.29 is 4.79 Å². The van der Waals surface area contributed by atoms with Gasteiger partial charge in [-0.3, -0.25) is 4.79 Å². The molecule has 4 heterocycles. The first kappa shape index (κ1) is 24.7. The molecule has 0 aliphatic carbocycles. The summed E-state index contributed by atoms with van der Waals surface area (Å²) in [7, 11) is 1.78. The largest absolute Gasteiger partial charge is 0.393 e. The van der Waals surface area contributed by atoms with Gasteiger partial charge in [0.2, 0.25) is 5.91 Å². The quantitative estimate of drug-likeness (QED) is 0.373. The van der Waals surface area contributed by atoms with Crippen LogP contribution in [-0.2, 0) is 11.2 Å². The molecule has 3 aromatic heterocycles. The Balaban J connectivity index is 1.35. The lowest BCUT2D eigenvalue weighted by molar-refractivity contribution is -0.130. The first-order valence-corrected chi connectivity index (χ1v) is 12.4. The van der Waals surface area contributed by atoms with Gasteiger partial charge in [-0.25, -0.2) is 9.50 Å². The number of fused-ring (bicyclic) bond motifs is 1. The molecule has 1 aliphatic rings.